The van der Waals surface area contributed by atoms with E-state index in [9.17, 15) is 9.18 Å². The third-order valence-electron chi connectivity index (χ3n) is 2.27. The SMILES string of the molecule is Nc1nc(C(=NOCc2ccc(F)cc2)C(=O)O)cs1. The quantitative estimate of drug-likeness (QED) is 0.648. The van der Waals surface area contributed by atoms with Gasteiger partial charge in [-0.3, -0.25) is 0 Å². The second-order valence-corrected chi connectivity index (χ2v) is 4.61. The van der Waals surface area contributed by atoms with Crippen LogP contribution in [0.3, 0.4) is 0 Å². The van der Waals surface area contributed by atoms with Crippen LogP contribution in [0.4, 0.5) is 9.52 Å². The first-order valence-corrected chi connectivity index (χ1v) is 6.33. The van der Waals surface area contributed by atoms with Gasteiger partial charge < -0.3 is 15.7 Å². The Kier molecular flexibility index (Phi) is 4.26. The minimum Gasteiger partial charge on any atom is -0.476 e. The van der Waals surface area contributed by atoms with Crippen molar-refractivity contribution in [3.8, 4) is 0 Å². The lowest BCUT2D eigenvalue weighted by Crippen LogP contribution is -2.15. The van der Waals surface area contributed by atoms with Gasteiger partial charge in [0, 0.05) is 5.38 Å². The number of nitrogens with two attached hydrogens (primary N) is 1. The van der Waals surface area contributed by atoms with Gasteiger partial charge in [0.15, 0.2) is 5.13 Å². The highest BCUT2D eigenvalue weighted by Crippen LogP contribution is 2.13. The molecule has 0 unspecified atom stereocenters. The number of hydrogen-bond acceptors (Lipinski definition) is 6. The summed E-state index contributed by atoms with van der Waals surface area (Å²) in [6, 6.07) is 5.60. The fourth-order valence-electron chi connectivity index (χ4n) is 1.34. The van der Waals surface area contributed by atoms with E-state index in [-0.39, 0.29) is 29.0 Å². The highest BCUT2D eigenvalue weighted by molar-refractivity contribution is 7.13. The van der Waals surface area contributed by atoms with Gasteiger partial charge in [-0.05, 0) is 17.7 Å². The van der Waals surface area contributed by atoms with E-state index in [1.165, 1.54) is 29.6 Å². The first kappa shape index (κ1) is 13.9. The fourth-order valence-corrected chi connectivity index (χ4v) is 1.89. The summed E-state index contributed by atoms with van der Waals surface area (Å²) >= 11 is 1.11. The molecule has 0 atom stereocenters. The van der Waals surface area contributed by atoms with Gasteiger partial charge in [0.1, 0.15) is 18.1 Å². The Morgan fingerprint density at radius 1 is 1.45 bits per heavy atom. The van der Waals surface area contributed by atoms with Gasteiger partial charge >= 0.3 is 5.97 Å². The summed E-state index contributed by atoms with van der Waals surface area (Å²) < 4.78 is 12.7. The maximum Gasteiger partial charge on any atom is 0.360 e. The Labute approximate surface area is 117 Å². The summed E-state index contributed by atoms with van der Waals surface area (Å²) in [6.07, 6.45) is 0. The van der Waals surface area contributed by atoms with Crippen LogP contribution < -0.4 is 5.73 Å². The topological polar surface area (TPSA) is 97.8 Å². The highest BCUT2D eigenvalue weighted by atomic mass is 32.1. The van der Waals surface area contributed by atoms with Crippen LogP contribution in [0.1, 0.15) is 11.3 Å². The molecule has 0 aliphatic rings. The Morgan fingerprint density at radius 2 is 2.15 bits per heavy atom. The summed E-state index contributed by atoms with van der Waals surface area (Å²) in [5, 5.41) is 14.3. The average molecular weight is 295 g/mol. The first-order valence-electron chi connectivity index (χ1n) is 5.45. The average Bonchev–Trinajstić information content (AvgIpc) is 2.82. The zero-order valence-electron chi connectivity index (χ0n) is 10.1. The summed E-state index contributed by atoms with van der Waals surface area (Å²) in [7, 11) is 0. The number of anilines is 1. The Balaban J connectivity index is 2.07. The number of nitrogens with zero attached hydrogens (tertiary/aromatic N) is 2. The minimum atomic E-state index is -1.27. The van der Waals surface area contributed by atoms with Crippen molar-refractivity contribution in [1.82, 2.24) is 4.98 Å². The number of carboxylic acids is 1. The number of hydrogen-bond donors (Lipinski definition) is 2. The molecule has 0 bridgehead atoms. The molecular formula is C12H10FN3O3S. The van der Waals surface area contributed by atoms with E-state index >= 15 is 0 Å². The van der Waals surface area contributed by atoms with Crippen molar-refractivity contribution in [2.45, 2.75) is 6.61 Å². The maximum absolute atomic E-state index is 12.7. The Morgan fingerprint density at radius 3 is 2.70 bits per heavy atom. The van der Waals surface area contributed by atoms with E-state index < -0.39 is 5.97 Å². The largest absolute Gasteiger partial charge is 0.476 e. The van der Waals surface area contributed by atoms with Crippen molar-refractivity contribution in [2.24, 2.45) is 5.16 Å². The molecule has 104 valence electrons. The number of carbonyl (C=O) groups is 1. The summed E-state index contributed by atoms with van der Waals surface area (Å²) in [6.45, 7) is 0.0245. The number of oxime groups is 1. The molecule has 0 aliphatic heterocycles. The standard InChI is InChI=1S/C12H10FN3O3S/c13-8-3-1-7(2-4-8)5-19-16-10(11(17)18)9-6-20-12(14)15-9/h1-4,6H,5H2,(H2,14,15)(H,17,18). The van der Waals surface area contributed by atoms with E-state index in [0.29, 0.717) is 5.56 Å². The number of nitrogen functional groups attached to an aromatic ring is 1. The van der Waals surface area contributed by atoms with Crippen LogP contribution in [-0.2, 0) is 16.2 Å². The van der Waals surface area contributed by atoms with Crippen LogP contribution in [-0.4, -0.2) is 21.8 Å². The number of aliphatic carboxylic acids is 1. The third-order valence-corrected chi connectivity index (χ3v) is 2.94. The van der Waals surface area contributed by atoms with E-state index in [2.05, 4.69) is 10.1 Å². The lowest BCUT2D eigenvalue weighted by molar-refractivity contribution is -0.129. The van der Waals surface area contributed by atoms with Gasteiger partial charge in [0.2, 0.25) is 5.71 Å². The summed E-state index contributed by atoms with van der Waals surface area (Å²) in [5.41, 5.74) is 5.90. The molecule has 6 nitrogen and oxygen atoms in total. The van der Waals surface area contributed by atoms with Crippen molar-refractivity contribution >= 4 is 28.1 Å². The molecule has 1 heterocycles. The summed E-state index contributed by atoms with van der Waals surface area (Å²) in [5.74, 6) is -1.63. The van der Waals surface area contributed by atoms with E-state index in [0.717, 1.165) is 11.3 Å². The molecule has 0 fully saturated rings. The van der Waals surface area contributed by atoms with Gasteiger partial charge in [-0.2, -0.15) is 0 Å². The van der Waals surface area contributed by atoms with Gasteiger partial charge in [0.05, 0.1) is 0 Å². The number of aromatic nitrogens is 1. The molecule has 0 aliphatic carbocycles. The van der Waals surface area contributed by atoms with Crippen LogP contribution in [0.5, 0.6) is 0 Å². The zero-order valence-corrected chi connectivity index (χ0v) is 10.9. The molecule has 0 saturated carbocycles. The molecule has 3 N–H and O–H groups in total. The van der Waals surface area contributed by atoms with Crippen LogP contribution in [0.2, 0.25) is 0 Å². The van der Waals surface area contributed by atoms with Crippen molar-refractivity contribution in [2.75, 3.05) is 5.73 Å². The molecular weight excluding hydrogens is 285 g/mol. The van der Waals surface area contributed by atoms with Crippen molar-refractivity contribution < 1.29 is 19.1 Å². The molecule has 2 rings (SSSR count). The number of rotatable bonds is 5. The first-order chi connectivity index (χ1) is 9.56. The second-order valence-electron chi connectivity index (χ2n) is 3.72. The minimum absolute atomic E-state index is 0.0245. The lowest BCUT2D eigenvalue weighted by Gasteiger charge is -2.01. The van der Waals surface area contributed by atoms with Crippen LogP contribution in [0.15, 0.2) is 34.8 Å². The number of thiazole rings is 1. The van der Waals surface area contributed by atoms with Crippen LogP contribution in [0.25, 0.3) is 0 Å². The molecule has 1 aromatic heterocycles. The van der Waals surface area contributed by atoms with E-state index in [1.54, 1.807) is 0 Å². The monoisotopic (exact) mass is 295 g/mol. The molecule has 20 heavy (non-hydrogen) atoms. The van der Waals surface area contributed by atoms with Gasteiger partial charge in [0.25, 0.3) is 0 Å². The second kappa shape index (κ2) is 6.11. The molecule has 0 spiro atoms. The number of benzene rings is 1. The van der Waals surface area contributed by atoms with Gasteiger partial charge in [-0.15, -0.1) is 11.3 Å². The lowest BCUT2D eigenvalue weighted by atomic mass is 10.2. The van der Waals surface area contributed by atoms with Gasteiger partial charge in [-0.25, -0.2) is 14.2 Å². The fraction of sp³-hybridized carbons (Fsp3) is 0.0833. The maximum atomic E-state index is 12.7. The molecule has 1 aromatic carbocycles. The molecule has 8 heteroatoms. The van der Waals surface area contributed by atoms with E-state index in [4.69, 9.17) is 15.7 Å². The Bertz CT molecular complexity index is 640. The smallest absolute Gasteiger partial charge is 0.360 e. The van der Waals surface area contributed by atoms with Crippen LogP contribution >= 0.6 is 11.3 Å². The molecule has 0 amide bonds. The third kappa shape index (κ3) is 3.51. The molecule has 0 radical (unpaired) electrons. The predicted molar refractivity (Wildman–Crippen MR) is 71.9 cm³/mol. The van der Waals surface area contributed by atoms with Gasteiger partial charge in [-0.1, -0.05) is 17.3 Å². The van der Waals surface area contributed by atoms with Crippen molar-refractivity contribution in [3.63, 3.8) is 0 Å². The Hall–Kier alpha value is -2.48. The van der Waals surface area contributed by atoms with E-state index in [1.807, 2.05) is 0 Å². The predicted octanol–water partition coefficient (Wildman–Crippen LogP) is 1.87. The molecule has 0 saturated heterocycles. The molecule has 2 aromatic rings. The summed E-state index contributed by atoms with van der Waals surface area (Å²) in [4.78, 5) is 19.8. The van der Waals surface area contributed by atoms with Crippen molar-refractivity contribution in [1.29, 1.82) is 0 Å². The number of halogens is 1. The normalized spacial score (nSPS) is 11.3. The van der Waals surface area contributed by atoms with Crippen molar-refractivity contribution in [3.05, 3.63) is 46.7 Å². The van der Waals surface area contributed by atoms with Crippen LogP contribution in [0, 0.1) is 5.82 Å². The number of carboxylic acid groups (broad SMARTS) is 1. The zero-order chi connectivity index (χ0) is 14.5. The highest BCUT2D eigenvalue weighted by Gasteiger charge is 2.16.